The normalized spacial score (nSPS) is 18.8. The lowest BCUT2D eigenvalue weighted by Gasteiger charge is -2.35. The summed E-state index contributed by atoms with van der Waals surface area (Å²) in [6.07, 6.45) is 0. The molecule has 2 aliphatic rings. The molecule has 3 heterocycles. The molecule has 0 aliphatic carbocycles. The second kappa shape index (κ2) is 8.74. The van der Waals surface area contributed by atoms with Crippen LogP contribution in [0.1, 0.15) is 16.0 Å². The minimum absolute atomic E-state index is 0.0400. The number of amides is 4. The Morgan fingerprint density at radius 2 is 1.62 bits per heavy atom. The Morgan fingerprint density at radius 1 is 0.938 bits per heavy atom. The zero-order chi connectivity index (χ0) is 23.0. The lowest BCUT2D eigenvalue weighted by atomic mass is 10.2. The van der Waals surface area contributed by atoms with Crippen LogP contribution in [-0.4, -0.2) is 78.1 Å². The van der Waals surface area contributed by atoms with Crippen molar-refractivity contribution in [2.45, 2.75) is 25.3 Å². The van der Waals surface area contributed by atoms with E-state index in [-0.39, 0.29) is 26.3 Å². The van der Waals surface area contributed by atoms with Crippen LogP contribution in [0, 0.1) is 13.8 Å². The van der Waals surface area contributed by atoms with E-state index in [4.69, 9.17) is 0 Å². The minimum Gasteiger partial charge on any atom is -0.283 e. The molecule has 9 nitrogen and oxygen atoms in total. The fourth-order valence-corrected chi connectivity index (χ4v) is 6.23. The van der Waals surface area contributed by atoms with E-state index in [0.717, 1.165) is 20.2 Å². The molecule has 170 valence electrons. The van der Waals surface area contributed by atoms with Crippen LogP contribution in [0.3, 0.4) is 0 Å². The van der Waals surface area contributed by atoms with Crippen LogP contribution in [0.2, 0.25) is 0 Å². The van der Waals surface area contributed by atoms with E-state index in [9.17, 15) is 22.8 Å². The average Bonchev–Trinajstić information content (AvgIpc) is 3.35. The molecule has 0 N–H and O–H groups in total. The number of rotatable bonds is 6. The maximum Gasteiger partial charge on any atom is 0.335 e. The van der Waals surface area contributed by atoms with Crippen LogP contribution in [0.5, 0.6) is 0 Å². The molecule has 11 heteroatoms. The Labute approximate surface area is 190 Å². The summed E-state index contributed by atoms with van der Waals surface area (Å²) >= 11 is 1.41. The number of thiophene rings is 1. The van der Waals surface area contributed by atoms with Gasteiger partial charge >= 0.3 is 17.8 Å². The van der Waals surface area contributed by atoms with Gasteiger partial charge in [-0.15, -0.1) is 11.3 Å². The Hall–Kier alpha value is -2.60. The Kier molecular flexibility index (Phi) is 6.17. The fourth-order valence-electron chi connectivity index (χ4n) is 3.81. The standard InChI is InChI=1S/C21H24N4O5S2/c1-15-5-6-16(2)18(12-15)32(29,30)23-9-7-22(8-10-23)14-25-20(27)19(26)24(21(25)28)13-17-4-3-11-31-17/h3-6,11-12H,7-10,13-14H2,1-2H3. The number of piperazine rings is 1. The number of benzene rings is 1. The molecule has 4 rings (SSSR count). The SMILES string of the molecule is Cc1ccc(C)c(S(=O)(=O)N2CCN(CN3C(=O)C(=O)N(Cc4cccs4)C3=O)CC2)c1. The number of hydrogen-bond donors (Lipinski definition) is 0. The predicted molar refractivity (Wildman–Crippen MR) is 118 cm³/mol. The van der Waals surface area contributed by atoms with E-state index in [2.05, 4.69) is 0 Å². The molecule has 2 aliphatic heterocycles. The van der Waals surface area contributed by atoms with Gasteiger partial charge in [-0.2, -0.15) is 4.31 Å². The molecule has 0 bridgehead atoms. The molecule has 0 saturated carbocycles. The van der Waals surface area contributed by atoms with Gasteiger partial charge in [-0.05, 0) is 42.5 Å². The number of carbonyl (C=O) groups excluding carboxylic acids is 3. The third-order valence-corrected chi connectivity index (χ3v) is 8.57. The second-order valence-corrected chi connectivity index (χ2v) is 10.9. The van der Waals surface area contributed by atoms with Crippen LogP contribution in [0.15, 0.2) is 40.6 Å². The van der Waals surface area contributed by atoms with Gasteiger partial charge in [0.15, 0.2) is 0 Å². The summed E-state index contributed by atoms with van der Waals surface area (Å²) < 4.78 is 27.6. The number of hydrogen-bond acceptors (Lipinski definition) is 7. The predicted octanol–water partition coefficient (Wildman–Crippen LogP) is 1.62. The van der Waals surface area contributed by atoms with Gasteiger partial charge in [0.1, 0.15) is 0 Å². The summed E-state index contributed by atoms with van der Waals surface area (Å²) in [5, 5.41) is 1.84. The first-order valence-electron chi connectivity index (χ1n) is 10.2. The van der Waals surface area contributed by atoms with E-state index in [1.54, 1.807) is 25.1 Å². The van der Waals surface area contributed by atoms with Crippen molar-refractivity contribution in [1.29, 1.82) is 0 Å². The second-order valence-electron chi connectivity index (χ2n) is 7.92. The average molecular weight is 477 g/mol. The number of urea groups is 1. The Balaban J connectivity index is 1.39. The molecule has 1 aromatic heterocycles. The number of carbonyl (C=O) groups is 3. The summed E-state index contributed by atoms with van der Waals surface area (Å²) in [5.74, 6) is -1.68. The topological polar surface area (TPSA) is 98.3 Å². The molecular formula is C21H24N4O5S2. The van der Waals surface area contributed by atoms with E-state index < -0.39 is 27.9 Å². The number of nitrogens with zero attached hydrogens (tertiary/aromatic N) is 4. The lowest BCUT2D eigenvalue weighted by Crippen LogP contribution is -2.52. The monoisotopic (exact) mass is 476 g/mol. The first-order valence-corrected chi connectivity index (χ1v) is 12.5. The molecule has 2 aromatic rings. The summed E-state index contributed by atoms with van der Waals surface area (Å²) in [6.45, 7) is 4.81. The first-order chi connectivity index (χ1) is 15.2. The van der Waals surface area contributed by atoms with Gasteiger partial charge in [0, 0.05) is 31.1 Å². The lowest BCUT2D eigenvalue weighted by molar-refractivity contribution is -0.144. The quantitative estimate of drug-likeness (QED) is 0.464. The molecule has 0 radical (unpaired) electrons. The van der Waals surface area contributed by atoms with Crippen LogP contribution < -0.4 is 0 Å². The zero-order valence-electron chi connectivity index (χ0n) is 17.9. The highest BCUT2D eigenvalue weighted by Gasteiger charge is 2.45. The van der Waals surface area contributed by atoms with Gasteiger partial charge in [0.25, 0.3) is 0 Å². The van der Waals surface area contributed by atoms with Crippen LogP contribution in [0.25, 0.3) is 0 Å². The third-order valence-electron chi connectivity index (χ3n) is 5.66. The van der Waals surface area contributed by atoms with E-state index in [0.29, 0.717) is 23.5 Å². The molecule has 32 heavy (non-hydrogen) atoms. The van der Waals surface area contributed by atoms with Crippen molar-refractivity contribution in [3.63, 3.8) is 0 Å². The molecule has 4 amide bonds. The highest BCUT2D eigenvalue weighted by Crippen LogP contribution is 2.23. The first kappa shape index (κ1) is 22.6. The minimum atomic E-state index is -3.64. The van der Waals surface area contributed by atoms with Gasteiger partial charge < -0.3 is 0 Å². The molecule has 0 unspecified atom stereocenters. The van der Waals surface area contributed by atoms with E-state index in [1.807, 2.05) is 29.3 Å². The molecule has 0 spiro atoms. The van der Waals surface area contributed by atoms with Crippen molar-refractivity contribution in [3.8, 4) is 0 Å². The van der Waals surface area contributed by atoms with Crippen molar-refractivity contribution in [2.24, 2.45) is 0 Å². The molecule has 2 saturated heterocycles. The molecule has 0 atom stereocenters. The fraction of sp³-hybridized carbons (Fsp3) is 0.381. The van der Waals surface area contributed by atoms with Crippen LogP contribution in [0.4, 0.5) is 4.79 Å². The van der Waals surface area contributed by atoms with Gasteiger partial charge in [0.2, 0.25) is 10.0 Å². The maximum absolute atomic E-state index is 13.1. The van der Waals surface area contributed by atoms with Crippen LogP contribution >= 0.6 is 11.3 Å². The van der Waals surface area contributed by atoms with Crippen LogP contribution in [-0.2, 0) is 26.2 Å². The maximum atomic E-state index is 13.1. The van der Waals surface area contributed by atoms with E-state index >= 15 is 0 Å². The summed E-state index contributed by atoms with van der Waals surface area (Å²) in [4.78, 5) is 42.2. The number of sulfonamides is 1. The Bertz CT molecular complexity index is 1150. The van der Waals surface area contributed by atoms with Gasteiger partial charge in [-0.3, -0.25) is 19.4 Å². The van der Waals surface area contributed by atoms with Crippen molar-refractivity contribution in [1.82, 2.24) is 19.0 Å². The van der Waals surface area contributed by atoms with Crippen molar-refractivity contribution >= 4 is 39.2 Å². The van der Waals surface area contributed by atoms with Crippen molar-refractivity contribution in [2.75, 3.05) is 32.8 Å². The molecule has 2 fully saturated rings. The molecular weight excluding hydrogens is 452 g/mol. The van der Waals surface area contributed by atoms with Gasteiger partial charge in [0.05, 0.1) is 18.1 Å². The molecule has 1 aromatic carbocycles. The highest BCUT2D eigenvalue weighted by molar-refractivity contribution is 7.89. The number of imide groups is 2. The van der Waals surface area contributed by atoms with Crippen molar-refractivity contribution in [3.05, 3.63) is 51.7 Å². The van der Waals surface area contributed by atoms with Gasteiger partial charge in [-0.25, -0.2) is 18.1 Å². The summed E-state index contributed by atoms with van der Waals surface area (Å²) in [6, 6.07) is 8.32. The Morgan fingerprint density at radius 3 is 2.28 bits per heavy atom. The van der Waals surface area contributed by atoms with Gasteiger partial charge in [-0.1, -0.05) is 18.2 Å². The largest absolute Gasteiger partial charge is 0.335 e. The summed E-state index contributed by atoms with van der Waals surface area (Å²) in [7, 11) is -3.64. The highest BCUT2D eigenvalue weighted by atomic mass is 32.2. The number of aryl methyl sites for hydroxylation is 2. The smallest absolute Gasteiger partial charge is 0.283 e. The van der Waals surface area contributed by atoms with Crippen molar-refractivity contribution < 1.29 is 22.8 Å². The zero-order valence-corrected chi connectivity index (χ0v) is 19.5. The van der Waals surface area contributed by atoms with E-state index in [1.165, 1.54) is 15.6 Å². The summed E-state index contributed by atoms with van der Waals surface area (Å²) in [5.41, 5.74) is 1.56. The third kappa shape index (κ3) is 4.20.